The maximum absolute atomic E-state index is 14.1. The summed E-state index contributed by atoms with van der Waals surface area (Å²) < 4.78 is 33.9. The summed E-state index contributed by atoms with van der Waals surface area (Å²) in [5.74, 6) is -3.21. The lowest BCUT2D eigenvalue weighted by Crippen LogP contribution is -2.32. The number of fused-ring (bicyclic) bond motifs is 1. The van der Waals surface area contributed by atoms with Crippen LogP contribution in [0.5, 0.6) is 5.06 Å². The van der Waals surface area contributed by atoms with Gasteiger partial charge in [0.15, 0.2) is 5.06 Å². The van der Waals surface area contributed by atoms with Crippen LogP contribution >= 0.6 is 11.3 Å². The molecule has 1 amide bonds. The summed E-state index contributed by atoms with van der Waals surface area (Å²) in [4.78, 5) is 25.0. The van der Waals surface area contributed by atoms with Crippen LogP contribution < -0.4 is 15.8 Å². The third kappa shape index (κ3) is 3.47. The molecule has 0 bridgehead atoms. The van der Waals surface area contributed by atoms with Gasteiger partial charge >= 0.3 is 0 Å². The Balaban J connectivity index is 2.13. The summed E-state index contributed by atoms with van der Waals surface area (Å²) in [5, 5.41) is 3.28. The number of nitrogens with one attached hydrogen (secondary N) is 1. The van der Waals surface area contributed by atoms with Gasteiger partial charge in [0.2, 0.25) is 11.7 Å². The van der Waals surface area contributed by atoms with Crippen molar-refractivity contribution in [2.45, 2.75) is 32.2 Å². The number of benzene rings is 1. The van der Waals surface area contributed by atoms with E-state index >= 15 is 0 Å². The lowest BCUT2D eigenvalue weighted by Gasteiger charge is -2.10. The number of anilines is 1. The summed E-state index contributed by atoms with van der Waals surface area (Å²) >= 11 is 1.08. The third-order valence-electron chi connectivity index (χ3n) is 4.09. The Hall–Kier alpha value is -2.32. The van der Waals surface area contributed by atoms with Crippen LogP contribution in [-0.2, 0) is 11.2 Å². The van der Waals surface area contributed by atoms with E-state index in [1.165, 1.54) is 13.0 Å². The molecule has 0 saturated carbocycles. The Morgan fingerprint density at radius 3 is 2.58 bits per heavy atom. The number of ketones is 1. The van der Waals surface area contributed by atoms with Crippen molar-refractivity contribution < 1.29 is 23.1 Å². The van der Waals surface area contributed by atoms with E-state index in [-0.39, 0.29) is 10.6 Å². The molecule has 0 fully saturated rings. The summed E-state index contributed by atoms with van der Waals surface area (Å²) in [6.45, 7) is 1.98. The van der Waals surface area contributed by atoms with E-state index in [0.717, 1.165) is 36.3 Å². The smallest absolute Gasteiger partial charge is 0.241 e. The number of nitrogens with two attached hydrogens (primary N) is 1. The van der Waals surface area contributed by atoms with Crippen molar-refractivity contribution in [2.24, 2.45) is 5.73 Å². The molecule has 2 aromatic rings. The van der Waals surface area contributed by atoms with Gasteiger partial charge in [-0.25, -0.2) is 8.78 Å². The van der Waals surface area contributed by atoms with Crippen LogP contribution in [-0.4, -0.2) is 24.3 Å². The zero-order valence-electron chi connectivity index (χ0n) is 14.1. The minimum atomic E-state index is -0.950. The minimum absolute atomic E-state index is 0.0740. The lowest BCUT2D eigenvalue weighted by atomic mass is 9.97. The Kier molecular flexibility index (Phi) is 5.33. The molecule has 1 aliphatic heterocycles. The molecule has 26 heavy (non-hydrogen) atoms. The Bertz CT molecular complexity index is 844. The first-order valence-electron chi connectivity index (χ1n) is 8.23. The summed E-state index contributed by atoms with van der Waals surface area (Å²) in [6.07, 6.45) is 2.10. The maximum atomic E-state index is 14.1. The van der Waals surface area contributed by atoms with Gasteiger partial charge in [-0.3, -0.25) is 9.59 Å². The highest BCUT2D eigenvalue weighted by atomic mass is 32.1. The third-order valence-corrected chi connectivity index (χ3v) is 5.15. The van der Waals surface area contributed by atoms with E-state index in [1.807, 2.05) is 0 Å². The molecular weight excluding hydrogens is 362 g/mol. The van der Waals surface area contributed by atoms with Gasteiger partial charge in [0.05, 0.1) is 23.8 Å². The average Bonchev–Trinajstić information content (AvgIpc) is 2.75. The molecule has 5 nitrogen and oxygen atoms in total. The fourth-order valence-corrected chi connectivity index (χ4v) is 3.87. The Labute approximate surface area is 153 Å². The van der Waals surface area contributed by atoms with Gasteiger partial charge in [0.25, 0.3) is 0 Å². The van der Waals surface area contributed by atoms with Gasteiger partial charge in [0, 0.05) is 5.56 Å². The van der Waals surface area contributed by atoms with E-state index in [0.29, 0.717) is 23.7 Å². The van der Waals surface area contributed by atoms with E-state index in [9.17, 15) is 18.4 Å². The number of rotatable bonds is 4. The Morgan fingerprint density at radius 1 is 1.23 bits per heavy atom. The van der Waals surface area contributed by atoms with E-state index < -0.39 is 34.9 Å². The molecule has 2 heterocycles. The molecule has 1 aromatic heterocycles. The number of hydrogen-bond acceptors (Lipinski definition) is 5. The standard InChI is InChI=1S/C18H18F2N2O3S/c1-9(21)16(24)22-17-13(10-5-2-3-8-25-18(10)26-17)15(23)14-11(19)6-4-7-12(14)20/h4,6-7,9H,2-3,5,8,21H2,1H3,(H,22,24)/t9-/m0/s1. The van der Waals surface area contributed by atoms with Gasteiger partial charge in [-0.2, -0.15) is 0 Å². The highest BCUT2D eigenvalue weighted by Crippen LogP contribution is 2.43. The summed E-state index contributed by atoms with van der Waals surface area (Å²) in [6, 6.07) is 2.44. The molecule has 0 radical (unpaired) electrons. The van der Waals surface area contributed by atoms with Crippen LogP contribution in [0.4, 0.5) is 13.8 Å². The zero-order valence-corrected chi connectivity index (χ0v) is 14.9. The van der Waals surface area contributed by atoms with Crippen LogP contribution in [0.15, 0.2) is 18.2 Å². The number of hydrogen-bond donors (Lipinski definition) is 2. The van der Waals surface area contributed by atoms with E-state index in [2.05, 4.69) is 5.32 Å². The van der Waals surface area contributed by atoms with Crippen LogP contribution in [0.1, 0.15) is 41.3 Å². The first-order chi connectivity index (χ1) is 12.4. The predicted octanol–water partition coefficient (Wildman–Crippen LogP) is 3.26. The SMILES string of the molecule is C[C@H](N)C(=O)Nc1sc2c(c1C(=O)c1c(F)cccc1F)CCCCO2. The Morgan fingerprint density at radius 2 is 1.92 bits per heavy atom. The molecule has 8 heteroatoms. The van der Waals surface area contributed by atoms with Gasteiger partial charge in [-0.1, -0.05) is 17.4 Å². The molecule has 3 N–H and O–H groups in total. The van der Waals surface area contributed by atoms with Crippen LogP contribution in [0.3, 0.4) is 0 Å². The van der Waals surface area contributed by atoms with Gasteiger partial charge in [-0.05, 0) is 38.3 Å². The molecule has 0 saturated heterocycles. The number of carbonyl (C=O) groups is 2. The van der Waals surface area contributed by atoms with Crippen molar-refractivity contribution in [3.8, 4) is 5.06 Å². The second-order valence-electron chi connectivity index (χ2n) is 6.08. The van der Waals surface area contributed by atoms with Crippen molar-refractivity contribution in [1.29, 1.82) is 0 Å². The summed E-state index contributed by atoms with van der Waals surface area (Å²) in [7, 11) is 0. The second-order valence-corrected chi connectivity index (χ2v) is 7.06. The van der Waals surface area contributed by atoms with Crippen LogP contribution in [0, 0.1) is 11.6 Å². The fourth-order valence-electron chi connectivity index (χ4n) is 2.75. The quantitative estimate of drug-likeness (QED) is 0.798. The van der Waals surface area contributed by atoms with Crippen LogP contribution in [0.2, 0.25) is 0 Å². The van der Waals surface area contributed by atoms with Crippen molar-refractivity contribution in [3.63, 3.8) is 0 Å². The number of ether oxygens (including phenoxy) is 1. The lowest BCUT2D eigenvalue weighted by molar-refractivity contribution is -0.117. The first kappa shape index (κ1) is 18.5. The monoisotopic (exact) mass is 380 g/mol. The minimum Gasteiger partial charge on any atom is -0.484 e. The van der Waals surface area contributed by atoms with Gasteiger partial charge in [0.1, 0.15) is 16.6 Å². The topological polar surface area (TPSA) is 81.4 Å². The zero-order chi connectivity index (χ0) is 18.8. The maximum Gasteiger partial charge on any atom is 0.241 e. The average molecular weight is 380 g/mol. The van der Waals surface area contributed by atoms with Crippen molar-refractivity contribution in [2.75, 3.05) is 11.9 Å². The number of amides is 1. The molecule has 1 aromatic carbocycles. The molecule has 138 valence electrons. The molecule has 0 unspecified atom stereocenters. The second kappa shape index (κ2) is 7.51. The molecule has 0 spiro atoms. The highest BCUT2D eigenvalue weighted by Gasteiger charge is 2.30. The molecule has 1 atom stereocenters. The first-order valence-corrected chi connectivity index (χ1v) is 9.05. The highest BCUT2D eigenvalue weighted by molar-refractivity contribution is 7.18. The van der Waals surface area contributed by atoms with Gasteiger partial charge < -0.3 is 15.8 Å². The fraction of sp³-hybridized carbons (Fsp3) is 0.333. The number of thiophene rings is 1. The number of halogens is 2. The van der Waals surface area contributed by atoms with E-state index in [1.54, 1.807) is 0 Å². The largest absolute Gasteiger partial charge is 0.484 e. The van der Waals surface area contributed by atoms with Crippen molar-refractivity contribution >= 4 is 28.0 Å². The van der Waals surface area contributed by atoms with Crippen LogP contribution in [0.25, 0.3) is 0 Å². The molecular formula is C18H18F2N2O3S. The molecule has 3 rings (SSSR count). The van der Waals surface area contributed by atoms with E-state index in [4.69, 9.17) is 10.5 Å². The molecule has 0 aliphatic carbocycles. The van der Waals surface area contributed by atoms with Crippen molar-refractivity contribution in [3.05, 3.63) is 46.5 Å². The molecule has 1 aliphatic rings. The normalized spacial score (nSPS) is 14.8. The summed E-state index contributed by atoms with van der Waals surface area (Å²) in [5.41, 5.74) is 5.57. The van der Waals surface area contributed by atoms with Gasteiger partial charge in [-0.15, -0.1) is 0 Å². The van der Waals surface area contributed by atoms with Crippen molar-refractivity contribution in [1.82, 2.24) is 0 Å². The number of carbonyl (C=O) groups excluding carboxylic acids is 2. The predicted molar refractivity (Wildman–Crippen MR) is 94.8 cm³/mol.